The van der Waals surface area contributed by atoms with Crippen molar-refractivity contribution in [3.63, 3.8) is 0 Å². The Bertz CT molecular complexity index is 1060. The number of hydrogen-bond acceptors (Lipinski definition) is 3. The molecule has 0 aromatic heterocycles. The van der Waals surface area contributed by atoms with Crippen molar-refractivity contribution >= 4 is 100 Å². The van der Waals surface area contributed by atoms with Crippen LogP contribution in [0.3, 0.4) is 0 Å². The molecule has 0 radical (unpaired) electrons. The summed E-state index contributed by atoms with van der Waals surface area (Å²) in [6.07, 6.45) is 61.8. The predicted octanol–water partition coefficient (Wildman–Crippen LogP) is 30.8. The molecule has 0 rings (SSSR count). The maximum Gasteiger partial charge on any atom is 0.289 e. The number of rotatable bonds is 50. The summed E-state index contributed by atoms with van der Waals surface area (Å²) < 4.78 is 0. The largest absolute Gasteiger partial charge is 0.341 e. The van der Waals surface area contributed by atoms with E-state index < -0.39 is 11.7 Å². The Morgan fingerprint density at radius 2 is 0.363 bits per heavy atom. The van der Waals surface area contributed by atoms with Gasteiger partial charge in [-0.3, -0.25) is 14.4 Å². The lowest BCUT2D eigenvalue weighted by Crippen LogP contribution is -2.23. The van der Waals surface area contributed by atoms with Crippen molar-refractivity contribution < 1.29 is 14.4 Å². The van der Waals surface area contributed by atoms with Gasteiger partial charge in [0.25, 0.3) is 5.91 Å². The van der Waals surface area contributed by atoms with Crippen LogP contribution in [0, 0.1) is 32.5 Å². The fraction of sp³-hybridized carbons (Fsp3) is 0.963. The van der Waals surface area contributed by atoms with Gasteiger partial charge in [-0.25, -0.2) is 0 Å². The van der Waals surface area contributed by atoms with Crippen LogP contribution in [0.15, 0.2) is 0 Å². The first-order valence-corrected chi connectivity index (χ1v) is 44.8. The van der Waals surface area contributed by atoms with Crippen LogP contribution >= 0.6 is 82.5 Å². The molecular formula is C80H170Br4N2O3P2. The number of carbonyl (C=O) groups is 3. The zero-order valence-corrected chi connectivity index (χ0v) is 74.7. The maximum absolute atomic E-state index is 10.0. The normalized spacial score (nSPS) is 11.4. The van der Waals surface area contributed by atoms with Gasteiger partial charge in [0.1, 0.15) is 0 Å². The lowest BCUT2D eigenvalue weighted by atomic mass is 9.72. The molecule has 0 aromatic rings. The first kappa shape index (κ1) is 108. The number of alkyl halides is 4. The molecule has 0 saturated carbocycles. The highest BCUT2D eigenvalue weighted by Gasteiger charge is 2.30. The van der Waals surface area contributed by atoms with Gasteiger partial charge in [-0.2, -0.15) is 0 Å². The second kappa shape index (κ2) is 78.7. The summed E-state index contributed by atoms with van der Waals surface area (Å²) in [6, 6.07) is 0. The summed E-state index contributed by atoms with van der Waals surface area (Å²) >= 11 is 14.2. The monoisotopic (exact) mass is 1580 g/mol. The van der Waals surface area contributed by atoms with Crippen LogP contribution in [0.2, 0.25) is 0 Å². The van der Waals surface area contributed by atoms with E-state index in [1.807, 2.05) is 9.39 Å². The summed E-state index contributed by atoms with van der Waals surface area (Å²) in [5, 5.41) is 8.93. The second-order valence-corrected chi connectivity index (χ2v) is 31.5. The molecule has 0 aliphatic heterocycles. The van der Waals surface area contributed by atoms with Gasteiger partial charge >= 0.3 is 0 Å². The lowest BCUT2D eigenvalue weighted by Gasteiger charge is -2.33. The Labute approximate surface area is 614 Å². The Morgan fingerprint density at radius 1 is 0.242 bits per heavy atom. The van der Waals surface area contributed by atoms with Gasteiger partial charge in [-0.05, 0) is 205 Å². The number of carbonyl (C=O) groups excluding carboxylic acids is 3. The molecule has 91 heavy (non-hydrogen) atoms. The minimum Gasteiger partial charge on any atom is -0.341 e. The summed E-state index contributed by atoms with van der Waals surface area (Å²) in [5.41, 5.74) is 4.02. The van der Waals surface area contributed by atoms with E-state index in [-0.39, 0.29) is 5.91 Å². The summed E-state index contributed by atoms with van der Waals surface area (Å²) in [4.78, 5) is 30.0. The molecule has 0 aliphatic rings. The molecule has 556 valence electrons. The molecule has 2 unspecified atom stereocenters. The SMILES string of the molecule is BrCCC(CCBr)(CCBr)CCBr.CC(=O)C(=O)NP.CCC(=O)NP.CCCC(CCC)(CCC)CCC.CCCC(CCC)(CCC)CCC.CCCC(CCC)(CCC)CCC.CCCC(CCC)(CCC)CCC.CCCC(CCC)(CCC)CCC. The van der Waals surface area contributed by atoms with Crippen molar-refractivity contribution in [2.75, 3.05) is 21.3 Å². The molecule has 0 fully saturated rings. The van der Waals surface area contributed by atoms with Crippen LogP contribution in [-0.4, -0.2) is 38.9 Å². The smallest absolute Gasteiger partial charge is 0.289 e. The van der Waals surface area contributed by atoms with Crippen LogP contribution < -0.4 is 10.2 Å². The van der Waals surface area contributed by atoms with Crippen LogP contribution in [0.1, 0.15) is 441 Å². The number of amides is 2. The minimum absolute atomic E-state index is 0.0556. The number of hydrogen-bond donors (Lipinski definition) is 2. The third-order valence-corrected chi connectivity index (χ3v) is 21.2. The van der Waals surface area contributed by atoms with E-state index in [0.717, 1.165) is 21.3 Å². The molecule has 2 atom stereocenters. The van der Waals surface area contributed by atoms with Gasteiger partial charge < -0.3 is 10.2 Å². The average Bonchev–Trinajstić information content (AvgIpc) is 3.49. The van der Waals surface area contributed by atoms with E-state index in [9.17, 15) is 14.4 Å². The van der Waals surface area contributed by atoms with Crippen molar-refractivity contribution in [1.82, 2.24) is 10.2 Å². The molecule has 0 aromatic carbocycles. The highest BCUT2D eigenvalue weighted by atomic mass is 79.9. The van der Waals surface area contributed by atoms with Gasteiger partial charge in [0, 0.05) is 34.7 Å². The Morgan fingerprint density at radius 3 is 0.407 bits per heavy atom. The maximum atomic E-state index is 10.0. The molecule has 11 heteroatoms. The number of halogens is 4. The Balaban J connectivity index is -0.000000146. The van der Waals surface area contributed by atoms with Crippen molar-refractivity contribution in [1.29, 1.82) is 0 Å². The molecule has 2 amide bonds. The first-order chi connectivity index (χ1) is 43.4. The quantitative estimate of drug-likeness (QED) is 0.0362. The van der Waals surface area contributed by atoms with E-state index in [4.69, 9.17) is 0 Å². The van der Waals surface area contributed by atoms with E-state index in [1.165, 1.54) is 289 Å². The molecule has 0 heterocycles. The third kappa shape index (κ3) is 63.3. The van der Waals surface area contributed by atoms with Crippen molar-refractivity contribution in [3.8, 4) is 0 Å². The van der Waals surface area contributed by atoms with Gasteiger partial charge in [-0.1, -0.05) is 338 Å². The molecule has 0 bridgehead atoms. The summed E-state index contributed by atoms with van der Waals surface area (Å²) in [5.74, 6) is -1.000. The van der Waals surface area contributed by atoms with Gasteiger partial charge in [0.05, 0.1) is 0 Å². The van der Waals surface area contributed by atoms with Crippen molar-refractivity contribution in [3.05, 3.63) is 0 Å². The predicted molar refractivity (Wildman–Crippen MR) is 443 cm³/mol. The minimum atomic E-state index is -0.579. The van der Waals surface area contributed by atoms with Crippen LogP contribution in [-0.2, 0) is 14.4 Å². The van der Waals surface area contributed by atoms with Crippen LogP contribution in [0.25, 0.3) is 0 Å². The standard InChI is InChI=1S/5C13H28.C9H16Br4.C3H6NO2P.C3H8NOP/c5*1-5-9-13(10-6-2,11-7-3)12-8-4;10-5-1-9(2-6-11,3-7-12)4-8-13;1-2(5)3(6)4-7;1-2-3(5)4-6/h5*5-12H2,1-4H3;1-8H2;7H2,1H3,(H,4,6);2,6H2,1H3,(H,4,5). The Kier molecular flexibility index (Phi) is 93.7. The second-order valence-electron chi connectivity index (χ2n) is 27.7. The highest BCUT2D eigenvalue weighted by molar-refractivity contribution is 9.09. The van der Waals surface area contributed by atoms with Gasteiger partial charge in [-0.15, -0.1) is 0 Å². The molecule has 0 aliphatic carbocycles. The Hall–Kier alpha value is 1.39. The fourth-order valence-electron chi connectivity index (χ4n) is 16.1. The zero-order valence-electron chi connectivity index (χ0n) is 66.0. The molecule has 0 spiro atoms. The molecular weight excluding hydrogens is 1420 g/mol. The number of ketones is 1. The van der Waals surface area contributed by atoms with Crippen molar-refractivity contribution in [2.24, 2.45) is 32.5 Å². The molecule has 2 N–H and O–H groups in total. The summed E-state index contributed by atoms with van der Waals surface area (Å²) in [6.45, 7) is 49.6. The van der Waals surface area contributed by atoms with Crippen molar-refractivity contribution in [2.45, 2.75) is 441 Å². The number of Topliss-reactive ketones (excluding diaryl/α,β-unsaturated/α-hetero) is 1. The highest BCUT2D eigenvalue weighted by Crippen LogP contribution is 2.44. The average molecular weight is 1590 g/mol. The third-order valence-electron chi connectivity index (χ3n) is 19.0. The van der Waals surface area contributed by atoms with E-state index in [2.05, 4.69) is 222 Å². The number of nitrogens with one attached hydrogen (secondary N) is 2. The lowest BCUT2D eigenvalue weighted by molar-refractivity contribution is -0.135. The van der Waals surface area contributed by atoms with Gasteiger partial charge in [0.15, 0.2) is 0 Å². The van der Waals surface area contributed by atoms with Crippen LogP contribution in [0.4, 0.5) is 0 Å². The molecule has 5 nitrogen and oxygen atoms in total. The first-order valence-electron chi connectivity index (χ1n) is 39.2. The van der Waals surface area contributed by atoms with Gasteiger partial charge in [0.2, 0.25) is 11.7 Å². The van der Waals surface area contributed by atoms with E-state index >= 15 is 0 Å². The van der Waals surface area contributed by atoms with E-state index in [1.54, 1.807) is 6.92 Å². The topological polar surface area (TPSA) is 75.3 Å². The summed E-state index contributed by atoms with van der Waals surface area (Å²) in [7, 11) is 4.08. The van der Waals surface area contributed by atoms with E-state index in [0.29, 0.717) is 38.9 Å². The zero-order chi connectivity index (χ0) is 71.8. The fourth-order valence-corrected chi connectivity index (χ4v) is 19.9. The van der Waals surface area contributed by atoms with Crippen LogP contribution in [0.5, 0.6) is 0 Å². The molecule has 0 saturated heterocycles.